The maximum absolute atomic E-state index is 12.6. The number of esters is 1. The number of hydrogen-bond donors (Lipinski definition) is 3. The molecule has 10 nitrogen and oxygen atoms in total. The number of aromatic amines is 1. The van der Waals surface area contributed by atoms with E-state index in [1.165, 1.54) is 31.4 Å². The number of H-pyrrole nitrogens is 1. The van der Waals surface area contributed by atoms with Crippen molar-refractivity contribution in [1.82, 2.24) is 15.0 Å². The minimum absolute atomic E-state index is 0.0392. The molecule has 0 aliphatic carbocycles. The van der Waals surface area contributed by atoms with E-state index >= 15 is 0 Å². The first kappa shape index (κ1) is 23.5. The summed E-state index contributed by atoms with van der Waals surface area (Å²) in [6, 6.07) is 16.7. The molecule has 0 fully saturated rings. The van der Waals surface area contributed by atoms with E-state index in [1.807, 2.05) is 12.1 Å². The number of aromatic nitrogens is 3. The number of methoxy groups -OCH3 is 1. The number of anilines is 2. The molecule has 0 aliphatic heterocycles. The van der Waals surface area contributed by atoms with Gasteiger partial charge in [-0.3, -0.25) is 9.59 Å². The second-order valence-corrected chi connectivity index (χ2v) is 8.19. The van der Waals surface area contributed by atoms with E-state index in [-0.39, 0.29) is 38.8 Å². The molecule has 0 atom stereocenters. The number of hydrogen-bond acceptors (Lipinski definition) is 9. The van der Waals surface area contributed by atoms with Gasteiger partial charge in [0.2, 0.25) is 0 Å². The first-order valence-corrected chi connectivity index (χ1v) is 11.2. The van der Waals surface area contributed by atoms with Crippen molar-refractivity contribution < 1.29 is 14.3 Å². The van der Waals surface area contributed by atoms with Crippen LogP contribution in [0.4, 0.5) is 11.5 Å². The summed E-state index contributed by atoms with van der Waals surface area (Å²) >= 11 is 1.13. The van der Waals surface area contributed by atoms with Crippen LogP contribution in [0.1, 0.15) is 32.1 Å². The third-order valence-electron chi connectivity index (χ3n) is 4.94. The van der Waals surface area contributed by atoms with Crippen molar-refractivity contribution in [3.63, 3.8) is 0 Å². The number of nitrogens with one attached hydrogen (secondary N) is 2. The van der Waals surface area contributed by atoms with E-state index in [9.17, 15) is 19.6 Å². The monoisotopic (exact) mass is 486 g/mol. The Kier molecular flexibility index (Phi) is 6.75. The molecule has 11 heteroatoms. The fourth-order valence-corrected chi connectivity index (χ4v) is 4.07. The Labute approximate surface area is 203 Å². The van der Waals surface area contributed by atoms with Crippen molar-refractivity contribution in [3.05, 3.63) is 87.5 Å². The zero-order valence-electron chi connectivity index (χ0n) is 18.4. The van der Waals surface area contributed by atoms with Gasteiger partial charge in [0.05, 0.1) is 40.5 Å². The zero-order chi connectivity index (χ0) is 24.9. The van der Waals surface area contributed by atoms with E-state index in [2.05, 4.69) is 20.3 Å². The zero-order valence-corrected chi connectivity index (χ0v) is 19.2. The molecule has 0 unspecified atom stereocenters. The van der Waals surface area contributed by atoms with E-state index in [0.29, 0.717) is 22.4 Å². The highest BCUT2D eigenvalue weighted by molar-refractivity contribution is 7.98. The lowest BCUT2D eigenvalue weighted by Gasteiger charge is -2.10. The lowest BCUT2D eigenvalue weighted by atomic mass is 10.1. The van der Waals surface area contributed by atoms with Gasteiger partial charge in [-0.2, -0.15) is 5.26 Å². The summed E-state index contributed by atoms with van der Waals surface area (Å²) in [4.78, 5) is 48.2. The lowest BCUT2D eigenvalue weighted by Crippen LogP contribution is -2.16. The van der Waals surface area contributed by atoms with Gasteiger partial charge in [-0.25, -0.2) is 14.8 Å². The van der Waals surface area contributed by atoms with Crippen LogP contribution in [0.2, 0.25) is 0 Å². The Morgan fingerprint density at radius 1 is 1.17 bits per heavy atom. The van der Waals surface area contributed by atoms with Crippen LogP contribution in [0, 0.1) is 11.3 Å². The Morgan fingerprint density at radius 2 is 1.94 bits per heavy atom. The number of rotatable bonds is 6. The molecule has 1 amide bonds. The number of benzene rings is 2. The van der Waals surface area contributed by atoms with Gasteiger partial charge in [0.1, 0.15) is 22.7 Å². The first-order chi connectivity index (χ1) is 16.9. The van der Waals surface area contributed by atoms with Crippen molar-refractivity contribution in [2.24, 2.45) is 0 Å². The predicted octanol–water partition coefficient (Wildman–Crippen LogP) is 3.10. The molecular formula is C24H18N6O4S. The molecule has 4 N–H and O–H groups in total. The van der Waals surface area contributed by atoms with Crippen LogP contribution in [-0.2, 0) is 10.5 Å². The van der Waals surface area contributed by atoms with Crippen LogP contribution >= 0.6 is 11.8 Å². The lowest BCUT2D eigenvalue weighted by molar-refractivity contribution is 0.0600. The summed E-state index contributed by atoms with van der Waals surface area (Å²) in [5.41, 5.74) is 7.04. The van der Waals surface area contributed by atoms with Crippen molar-refractivity contribution in [3.8, 4) is 6.07 Å². The molecule has 0 spiro atoms. The van der Waals surface area contributed by atoms with Crippen LogP contribution in [-0.4, -0.2) is 33.9 Å². The molecule has 0 bridgehead atoms. The number of pyridine rings is 1. The number of para-hydroxylation sites is 1. The van der Waals surface area contributed by atoms with Crippen molar-refractivity contribution in [2.45, 2.75) is 10.8 Å². The molecule has 0 radical (unpaired) electrons. The van der Waals surface area contributed by atoms with Gasteiger partial charge in [-0.15, -0.1) is 0 Å². The summed E-state index contributed by atoms with van der Waals surface area (Å²) in [6.07, 6.45) is 0. The van der Waals surface area contributed by atoms with Gasteiger partial charge in [0, 0.05) is 5.69 Å². The number of nitriles is 1. The van der Waals surface area contributed by atoms with Gasteiger partial charge in [-0.05, 0) is 36.4 Å². The average Bonchev–Trinajstić information content (AvgIpc) is 2.87. The highest BCUT2D eigenvalue weighted by Gasteiger charge is 2.17. The fourth-order valence-electron chi connectivity index (χ4n) is 3.24. The summed E-state index contributed by atoms with van der Waals surface area (Å²) in [7, 11) is 1.27. The molecule has 0 saturated carbocycles. The second-order valence-electron chi connectivity index (χ2n) is 7.23. The van der Waals surface area contributed by atoms with E-state index in [0.717, 1.165) is 11.8 Å². The molecular weight excluding hydrogens is 468 g/mol. The molecule has 0 saturated heterocycles. The summed E-state index contributed by atoms with van der Waals surface area (Å²) in [5.74, 6) is -0.604. The number of thioether (sulfide) groups is 1. The van der Waals surface area contributed by atoms with Gasteiger partial charge in [0.25, 0.3) is 11.5 Å². The number of carbonyl (C=O) groups is 2. The van der Waals surface area contributed by atoms with E-state index in [4.69, 9.17) is 10.5 Å². The molecule has 2 aromatic carbocycles. The number of nitrogens with two attached hydrogens (primary N) is 1. The number of nitrogen functional groups attached to an aromatic ring is 1. The number of carbonyl (C=O) groups excluding carboxylic acids is 2. The number of ether oxygens (including phenoxy) is 1. The van der Waals surface area contributed by atoms with Crippen LogP contribution in [0.5, 0.6) is 0 Å². The van der Waals surface area contributed by atoms with Crippen molar-refractivity contribution >= 4 is 46.0 Å². The van der Waals surface area contributed by atoms with Crippen LogP contribution in [0.15, 0.2) is 64.4 Å². The largest absolute Gasteiger partial charge is 0.465 e. The highest BCUT2D eigenvalue weighted by Crippen LogP contribution is 2.27. The van der Waals surface area contributed by atoms with Gasteiger partial charge < -0.3 is 20.8 Å². The molecule has 4 aromatic rings. The molecule has 2 aromatic heterocycles. The minimum atomic E-state index is -0.542. The van der Waals surface area contributed by atoms with Gasteiger partial charge in [0.15, 0.2) is 0 Å². The highest BCUT2D eigenvalue weighted by atomic mass is 32.2. The van der Waals surface area contributed by atoms with E-state index in [1.54, 1.807) is 24.3 Å². The van der Waals surface area contributed by atoms with Gasteiger partial charge >= 0.3 is 5.97 Å². The topological polar surface area (TPSA) is 164 Å². The SMILES string of the molecule is COC(=O)c1ccc2c(=O)[nH]c(CSc3nc(N)c(C(=O)Nc4ccccc4)cc3C#N)nc2c1. The second kappa shape index (κ2) is 10.1. The maximum Gasteiger partial charge on any atom is 0.337 e. The Balaban J connectivity index is 1.58. The Hall–Kier alpha value is -4.69. The summed E-state index contributed by atoms with van der Waals surface area (Å²) in [6.45, 7) is 0. The summed E-state index contributed by atoms with van der Waals surface area (Å²) in [5, 5.41) is 12.9. The summed E-state index contributed by atoms with van der Waals surface area (Å²) < 4.78 is 4.71. The smallest absolute Gasteiger partial charge is 0.337 e. The van der Waals surface area contributed by atoms with E-state index < -0.39 is 11.9 Å². The Bertz CT molecular complexity index is 1550. The Morgan fingerprint density at radius 3 is 2.66 bits per heavy atom. The first-order valence-electron chi connectivity index (χ1n) is 10.2. The maximum atomic E-state index is 12.6. The number of nitrogens with zero attached hydrogens (tertiary/aromatic N) is 3. The molecule has 35 heavy (non-hydrogen) atoms. The molecule has 0 aliphatic rings. The molecule has 174 valence electrons. The van der Waals surface area contributed by atoms with Gasteiger partial charge in [-0.1, -0.05) is 30.0 Å². The number of fused-ring (bicyclic) bond motifs is 1. The normalized spacial score (nSPS) is 10.5. The van der Waals surface area contributed by atoms with Crippen molar-refractivity contribution in [1.29, 1.82) is 5.26 Å². The molecule has 2 heterocycles. The molecule has 4 rings (SSSR count). The quantitative estimate of drug-likeness (QED) is 0.274. The third kappa shape index (κ3) is 5.13. The fraction of sp³-hybridized carbons (Fsp3) is 0.0833. The van der Waals surface area contributed by atoms with Crippen LogP contribution in [0.3, 0.4) is 0 Å². The third-order valence-corrected chi connectivity index (χ3v) is 5.94. The van der Waals surface area contributed by atoms with Crippen LogP contribution < -0.4 is 16.6 Å². The van der Waals surface area contributed by atoms with Crippen LogP contribution in [0.25, 0.3) is 10.9 Å². The number of amides is 1. The average molecular weight is 487 g/mol. The van der Waals surface area contributed by atoms with Crippen molar-refractivity contribution in [2.75, 3.05) is 18.2 Å². The standard InChI is InChI=1S/C24H18N6O4S/c1-34-24(33)13-7-8-16-18(10-13)28-19(29-21(16)31)12-35-23-14(11-25)9-17(20(26)30-23)22(32)27-15-5-3-2-4-6-15/h2-10H,12H2,1H3,(H2,26,30)(H,27,32)(H,28,29,31). The predicted molar refractivity (Wildman–Crippen MR) is 131 cm³/mol. The minimum Gasteiger partial charge on any atom is -0.465 e.